The average Bonchev–Trinajstić information content (AvgIpc) is 2.55. The van der Waals surface area contributed by atoms with Gasteiger partial charge in [0.05, 0.1) is 6.04 Å². The summed E-state index contributed by atoms with van der Waals surface area (Å²) < 4.78 is 6.94. The molecular formula is C15H22N4O. The Morgan fingerprint density at radius 3 is 2.55 bits per heavy atom. The molecule has 1 fully saturated rings. The number of carbonyl (C=O) groups is 1. The summed E-state index contributed by atoms with van der Waals surface area (Å²) in [7, 11) is 0. The molecule has 1 amide bonds. The maximum absolute atomic E-state index is 12.3. The fourth-order valence-electron chi connectivity index (χ4n) is 2.50. The first-order valence-corrected chi connectivity index (χ1v) is 7.02. The van der Waals surface area contributed by atoms with Gasteiger partial charge in [0.2, 0.25) is 5.91 Å². The number of rotatable bonds is 4. The SMILES string of the molecule is [2H]NC(=N)c1ccc(C[C@H](N)C(=O)N2CCCCC2)cc1. The van der Waals surface area contributed by atoms with E-state index < -0.39 is 6.04 Å². The second kappa shape index (κ2) is 6.52. The Kier molecular flexibility index (Phi) is 4.28. The van der Waals surface area contributed by atoms with Gasteiger partial charge >= 0.3 is 0 Å². The Labute approximate surface area is 120 Å². The number of carbonyl (C=O) groups excluding carboxylic acids is 1. The molecule has 0 spiro atoms. The number of hydrogen-bond donors (Lipinski definition) is 3. The number of piperidine rings is 1. The fraction of sp³-hybridized carbons (Fsp3) is 0.467. The molecule has 1 atom stereocenters. The molecule has 5 nitrogen and oxygen atoms in total. The second-order valence-electron chi connectivity index (χ2n) is 5.27. The van der Waals surface area contributed by atoms with Crippen LogP contribution in [-0.4, -0.2) is 35.8 Å². The van der Waals surface area contributed by atoms with Crippen LogP contribution in [-0.2, 0) is 11.2 Å². The Morgan fingerprint density at radius 2 is 1.95 bits per heavy atom. The zero-order chi connectivity index (χ0) is 15.2. The van der Waals surface area contributed by atoms with Crippen molar-refractivity contribution in [3.05, 3.63) is 35.4 Å². The molecule has 1 aliphatic rings. The third-order valence-corrected chi connectivity index (χ3v) is 3.68. The van der Waals surface area contributed by atoms with Gasteiger partial charge in [0.15, 0.2) is 1.41 Å². The molecule has 1 aliphatic heterocycles. The van der Waals surface area contributed by atoms with E-state index in [-0.39, 0.29) is 11.7 Å². The summed E-state index contributed by atoms with van der Waals surface area (Å²) in [6, 6.07) is 6.71. The molecule has 1 heterocycles. The van der Waals surface area contributed by atoms with Gasteiger partial charge in [0.25, 0.3) is 0 Å². The first-order valence-electron chi connectivity index (χ1n) is 7.52. The van der Waals surface area contributed by atoms with Gasteiger partial charge in [0.1, 0.15) is 5.84 Å². The third-order valence-electron chi connectivity index (χ3n) is 3.68. The number of nitrogens with zero attached hydrogens (tertiary/aromatic N) is 1. The number of nitrogens with two attached hydrogens (primary N) is 2. The minimum atomic E-state index is -0.511. The van der Waals surface area contributed by atoms with Crippen molar-refractivity contribution >= 4 is 11.7 Å². The molecule has 5 heteroatoms. The van der Waals surface area contributed by atoms with Gasteiger partial charge in [-0.05, 0) is 31.2 Å². The van der Waals surface area contributed by atoms with Gasteiger partial charge in [-0.25, -0.2) is 0 Å². The Balaban J connectivity index is 1.93. The van der Waals surface area contributed by atoms with Crippen molar-refractivity contribution < 1.29 is 6.21 Å². The summed E-state index contributed by atoms with van der Waals surface area (Å²) in [4.78, 5) is 14.1. The van der Waals surface area contributed by atoms with Crippen LogP contribution in [0.4, 0.5) is 0 Å². The van der Waals surface area contributed by atoms with Crippen molar-refractivity contribution in [2.24, 2.45) is 11.5 Å². The van der Waals surface area contributed by atoms with Crippen molar-refractivity contribution in [2.75, 3.05) is 13.1 Å². The molecule has 0 saturated carbocycles. The molecule has 1 aromatic rings. The third kappa shape index (κ3) is 3.57. The van der Waals surface area contributed by atoms with Gasteiger partial charge in [-0.15, -0.1) is 0 Å². The summed E-state index contributed by atoms with van der Waals surface area (Å²) in [6.45, 7) is 1.63. The lowest BCUT2D eigenvalue weighted by atomic mass is 10.0. The minimum absolute atomic E-state index is 0.0272. The number of amides is 1. The lowest BCUT2D eigenvalue weighted by Gasteiger charge is -2.29. The highest BCUT2D eigenvalue weighted by molar-refractivity contribution is 5.94. The standard InChI is InChI=1S/C15H22N4O/c16-13(15(20)19-8-2-1-3-9-19)10-11-4-6-12(7-5-11)14(17)18/h4-7,13H,1-3,8-10,16H2,(H3,17,18)/t13-/m0/s1/i/hD. The lowest BCUT2D eigenvalue weighted by Crippen LogP contribution is -2.46. The van der Waals surface area contributed by atoms with E-state index in [1.54, 1.807) is 12.1 Å². The van der Waals surface area contributed by atoms with Crippen LogP contribution >= 0.6 is 0 Å². The summed E-state index contributed by atoms with van der Waals surface area (Å²) in [6.07, 6.45) is 3.82. The van der Waals surface area contributed by atoms with Gasteiger partial charge < -0.3 is 16.4 Å². The first kappa shape index (κ1) is 13.1. The summed E-state index contributed by atoms with van der Waals surface area (Å²) >= 11 is 0. The number of hydrogen-bond acceptors (Lipinski definition) is 3. The van der Waals surface area contributed by atoms with Crippen molar-refractivity contribution in [2.45, 2.75) is 31.7 Å². The smallest absolute Gasteiger partial charge is 0.239 e. The van der Waals surface area contributed by atoms with E-state index in [0.717, 1.165) is 31.5 Å². The summed E-state index contributed by atoms with van der Waals surface area (Å²) in [5, 5.41) is 7.51. The van der Waals surface area contributed by atoms with E-state index in [1.807, 2.05) is 17.0 Å². The van der Waals surface area contributed by atoms with Crippen molar-refractivity contribution in [3.63, 3.8) is 0 Å². The molecule has 0 bridgehead atoms. The molecule has 108 valence electrons. The van der Waals surface area contributed by atoms with Gasteiger partial charge in [-0.2, -0.15) is 0 Å². The van der Waals surface area contributed by atoms with Crippen molar-refractivity contribution in [3.8, 4) is 0 Å². The normalized spacial score (nSPS) is 17.2. The molecule has 1 saturated heterocycles. The van der Waals surface area contributed by atoms with Crippen molar-refractivity contribution in [1.82, 2.24) is 4.90 Å². The Hall–Kier alpha value is -1.88. The van der Waals surface area contributed by atoms with E-state index in [2.05, 4.69) is 5.73 Å². The number of likely N-dealkylation sites (tertiary alicyclic amines) is 1. The topological polar surface area (TPSA) is 96.2 Å². The number of amidine groups is 1. The summed E-state index contributed by atoms with van der Waals surface area (Å²) in [5.41, 5.74) is 9.69. The van der Waals surface area contributed by atoms with E-state index in [4.69, 9.17) is 12.6 Å². The number of nitrogen functional groups attached to an aromatic ring is 1. The minimum Gasteiger partial charge on any atom is -0.384 e. The highest BCUT2D eigenvalue weighted by atomic mass is 16.2. The average molecular weight is 275 g/mol. The highest BCUT2D eigenvalue weighted by Crippen LogP contribution is 2.12. The summed E-state index contributed by atoms with van der Waals surface area (Å²) in [5.74, 6) is 0.0783. The molecule has 0 unspecified atom stereocenters. The highest BCUT2D eigenvalue weighted by Gasteiger charge is 2.22. The zero-order valence-corrected chi connectivity index (χ0v) is 11.6. The molecule has 0 aromatic heterocycles. The van der Waals surface area contributed by atoms with Crippen LogP contribution in [0.25, 0.3) is 0 Å². The predicted octanol–water partition coefficient (Wildman–Crippen LogP) is 0.853. The first-order chi connectivity index (χ1) is 10.1. The van der Waals surface area contributed by atoms with Crippen LogP contribution in [0.1, 0.15) is 30.4 Å². The molecule has 1 aromatic carbocycles. The molecule has 2 rings (SSSR count). The maximum atomic E-state index is 12.3. The van der Waals surface area contributed by atoms with Crippen LogP contribution in [0.5, 0.6) is 0 Å². The zero-order valence-electron chi connectivity index (χ0n) is 12.6. The molecule has 20 heavy (non-hydrogen) atoms. The molecule has 0 radical (unpaired) electrons. The van der Waals surface area contributed by atoms with E-state index >= 15 is 0 Å². The van der Waals surface area contributed by atoms with Gasteiger partial charge in [0, 0.05) is 18.7 Å². The second-order valence-corrected chi connectivity index (χ2v) is 5.27. The van der Waals surface area contributed by atoms with Gasteiger partial charge in [-0.3, -0.25) is 10.2 Å². The Bertz CT molecular complexity index is 497. The van der Waals surface area contributed by atoms with Crippen LogP contribution < -0.4 is 11.5 Å². The van der Waals surface area contributed by atoms with E-state index in [0.29, 0.717) is 12.0 Å². The molecule has 5 N–H and O–H groups in total. The van der Waals surface area contributed by atoms with Crippen molar-refractivity contribution in [1.29, 1.82) is 5.41 Å². The fourth-order valence-corrected chi connectivity index (χ4v) is 2.50. The monoisotopic (exact) mass is 275 g/mol. The van der Waals surface area contributed by atoms with Crippen LogP contribution in [0, 0.1) is 5.41 Å². The maximum Gasteiger partial charge on any atom is 0.239 e. The van der Waals surface area contributed by atoms with E-state index in [9.17, 15) is 4.79 Å². The van der Waals surface area contributed by atoms with Crippen LogP contribution in [0.15, 0.2) is 24.3 Å². The Morgan fingerprint density at radius 1 is 1.30 bits per heavy atom. The molecule has 0 aliphatic carbocycles. The number of benzene rings is 1. The van der Waals surface area contributed by atoms with Gasteiger partial charge in [-0.1, -0.05) is 24.3 Å². The van der Waals surface area contributed by atoms with E-state index in [1.165, 1.54) is 6.42 Å². The molecular weight excluding hydrogens is 252 g/mol. The predicted molar refractivity (Wildman–Crippen MR) is 79.6 cm³/mol. The van der Waals surface area contributed by atoms with Crippen LogP contribution in [0.3, 0.4) is 0 Å². The van der Waals surface area contributed by atoms with Crippen LogP contribution in [0.2, 0.25) is 1.41 Å². The number of nitrogens with one attached hydrogen (secondary N) is 1. The largest absolute Gasteiger partial charge is 0.384 e. The lowest BCUT2D eigenvalue weighted by molar-refractivity contribution is -0.133. The quantitative estimate of drug-likeness (QED) is 0.561.